The van der Waals surface area contributed by atoms with Crippen molar-refractivity contribution in [1.29, 1.82) is 0 Å². The quantitative estimate of drug-likeness (QED) is 0.561. The number of carbonyl (C=O) groups excluding carboxylic acids is 1. The van der Waals surface area contributed by atoms with Crippen LogP contribution in [0.2, 0.25) is 0 Å². The number of nitrogens with zero attached hydrogens (tertiary/aromatic N) is 1. The molecule has 0 spiro atoms. The minimum Gasteiger partial charge on any atom is -0.465 e. The second-order valence-corrected chi connectivity index (χ2v) is 7.94. The third kappa shape index (κ3) is 4.32. The average molecular weight is 398 g/mol. The van der Waals surface area contributed by atoms with E-state index in [-0.39, 0.29) is 17.2 Å². The number of rotatable bonds is 7. The summed E-state index contributed by atoms with van der Waals surface area (Å²) < 4.78 is 37.0. The summed E-state index contributed by atoms with van der Waals surface area (Å²) in [5, 5.41) is 0. The molecule has 0 atom stereocenters. The summed E-state index contributed by atoms with van der Waals surface area (Å²) in [6.45, 7) is 9.22. The summed E-state index contributed by atoms with van der Waals surface area (Å²) in [4.78, 5) is 15.3. The average Bonchev–Trinajstić information content (AvgIpc) is 3.28. The van der Waals surface area contributed by atoms with Gasteiger partial charge in [-0.1, -0.05) is 25.5 Å². The van der Waals surface area contributed by atoms with E-state index in [2.05, 4.69) is 9.57 Å². The molecule has 0 bridgehead atoms. The molecule has 0 saturated heterocycles. The van der Waals surface area contributed by atoms with E-state index in [1.54, 1.807) is 36.4 Å². The number of allylic oxidation sites excluding steroid dienone is 1. The number of nitrogens with one attached hydrogen (secondary N) is 1. The molecule has 1 aliphatic rings. The molecule has 0 amide bonds. The first-order valence-electron chi connectivity index (χ1n) is 8.64. The molecule has 28 heavy (non-hydrogen) atoms. The lowest BCUT2D eigenvalue weighted by Gasteiger charge is -2.09. The number of cyclic esters (lactones) is 1. The summed E-state index contributed by atoms with van der Waals surface area (Å²) >= 11 is 0. The second-order valence-electron chi connectivity index (χ2n) is 6.10. The molecule has 3 rings (SSSR count). The van der Waals surface area contributed by atoms with Crippen LogP contribution in [0.25, 0.3) is 16.5 Å². The smallest absolute Gasteiger partial charge is 0.342 e. The van der Waals surface area contributed by atoms with Gasteiger partial charge in [0.25, 0.3) is 5.70 Å². The maximum atomic E-state index is 12.0. The normalized spacial score (nSPS) is 15.6. The number of anilines is 1. The molecule has 144 valence electrons. The van der Waals surface area contributed by atoms with Crippen molar-refractivity contribution in [2.75, 3.05) is 10.5 Å². The molecule has 0 unspecified atom stereocenters. The van der Waals surface area contributed by atoms with Crippen molar-refractivity contribution in [3.63, 3.8) is 0 Å². The summed E-state index contributed by atoms with van der Waals surface area (Å²) in [6, 6.07) is 9.83. The van der Waals surface area contributed by atoms with Crippen molar-refractivity contribution in [3.05, 3.63) is 76.9 Å². The number of unbranched alkanes of at least 4 members (excludes halogenated alkanes) is 1. The fourth-order valence-corrected chi connectivity index (χ4v) is 3.94. The number of furan rings is 1. The SMILES string of the molecule is [C-]#[N+]C1=C(c2ccc(NS(=O)(=O)CCCC)cc2)C(=Cc2ccco2)OC1=O. The van der Waals surface area contributed by atoms with Crippen LogP contribution in [0.3, 0.4) is 0 Å². The Morgan fingerprint density at radius 3 is 2.57 bits per heavy atom. The van der Waals surface area contributed by atoms with Gasteiger partial charge in [0.2, 0.25) is 10.0 Å². The van der Waals surface area contributed by atoms with E-state index in [1.165, 1.54) is 12.3 Å². The standard InChI is InChI=1S/C20H18N2O5S/c1-3-4-12-28(24,25)22-15-9-7-14(8-10-15)18-17(13-16-6-5-11-26-16)27-20(23)19(18)21-2/h5-11,13,22H,3-4,12H2,1H3. The van der Waals surface area contributed by atoms with Gasteiger partial charge >= 0.3 is 5.97 Å². The zero-order valence-corrected chi connectivity index (χ0v) is 16.0. The van der Waals surface area contributed by atoms with Crippen LogP contribution in [0.4, 0.5) is 5.69 Å². The molecular formula is C20H18N2O5S. The van der Waals surface area contributed by atoms with E-state index in [0.717, 1.165) is 6.42 Å². The van der Waals surface area contributed by atoms with Gasteiger partial charge in [0.05, 0.1) is 18.6 Å². The molecule has 2 heterocycles. The number of benzene rings is 1. The van der Waals surface area contributed by atoms with Crippen LogP contribution in [0.5, 0.6) is 0 Å². The third-order valence-corrected chi connectivity index (χ3v) is 5.39. The van der Waals surface area contributed by atoms with Gasteiger partial charge in [-0.15, -0.1) is 0 Å². The first kappa shape index (κ1) is 19.5. The highest BCUT2D eigenvalue weighted by molar-refractivity contribution is 7.92. The van der Waals surface area contributed by atoms with Crippen molar-refractivity contribution < 1.29 is 22.4 Å². The first-order chi connectivity index (χ1) is 13.4. The van der Waals surface area contributed by atoms with Crippen molar-refractivity contribution in [1.82, 2.24) is 0 Å². The minimum atomic E-state index is -3.41. The van der Waals surface area contributed by atoms with Crippen molar-refractivity contribution in [2.24, 2.45) is 0 Å². The number of esters is 1. The number of sulfonamides is 1. The lowest BCUT2D eigenvalue weighted by molar-refractivity contribution is -0.132. The molecule has 2 aromatic rings. The Morgan fingerprint density at radius 1 is 1.21 bits per heavy atom. The molecule has 1 aliphatic heterocycles. The van der Waals surface area contributed by atoms with Gasteiger partial charge in [0.1, 0.15) is 11.5 Å². The topological polar surface area (TPSA) is 90.0 Å². The van der Waals surface area contributed by atoms with Crippen molar-refractivity contribution in [2.45, 2.75) is 19.8 Å². The predicted molar refractivity (Wildman–Crippen MR) is 105 cm³/mol. The number of ether oxygens (including phenoxy) is 1. The Labute approximate surface area is 163 Å². The molecule has 0 fully saturated rings. The lowest BCUT2D eigenvalue weighted by Crippen LogP contribution is -2.16. The van der Waals surface area contributed by atoms with E-state index in [0.29, 0.717) is 29.0 Å². The zero-order valence-electron chi connectivity index (χ0n) is 15.1. The predicted octanol–water partition coefficient (Wildman–Crippen LogP) is 4.05. The molecular weight excluding hydrogens is 380 g/mol. The van der Waals surface area contributed by atoms with Gasteiger partial charge in [0, 0.05) is 17.3 Å². The molecule has 0 saturated carbocycles. The van der Waals surface area contributed by atoms with Gasteiger partial charge in [-0.25, -0.2) is 13.3 Å². The minimum absolute atomic E-state index is 0.0522. The highest BCUT2D eigenvalue weighted by Gasteiger charge is 2.31. The van der Waals surface area contributed by atoms with Gasteiger partial charge in [-0.2, -0.15) is 0 Å². The Hall–Kier alpha value is -3.31. The van der Waals surface area contributed by atoms with Gasteiger partial charge in [-0.05, 0) is 36.2 Å². The van der Waals surface area contributed by atoms with Crippen LogP contribution in [0.1, 0.15) is 31.1 Å². The molecule has 0 radical (unpaired) electrons. The third-order valence-electron chi connectivity index (χ3n) is 4.02. The largest absolute Gasteiger partial charge is 0.465 e. The van der Waals surface area contributed by atoms with Gasteiger partial charge in [0.15, 0.2) is 0 Å². The van der Waals surface area contributed by atoms with Crippen LogP contribution in [-0.4, -0.2) is 20.1 Å². The molecule has 8 heteroatoms. The van der Waals surface area contributed by atoms with E-state index >= 15 is 0 Å². The Morgan fingerprint density at radius 2 is 1.96 bits per heavy atom. The molecule has 1 N–H and O–H groups in total. The zero-order chi connectivity index (χ0) is 20.1. The van der Waals surface area contributed by atoms with E-state index in [4.69, 9.17) is 15.7 Å². The van der Waals surface area contributed by atoms with Crippen LogP contribution in [0, 0.1) is 6.57 Å². The van der Waals surface area contributed by atoms with Crippen LogP contribution >= 0.6 is 0 Å². The van der Waals surface area contributed by atoms with E-state index in [1.807, 2.05) is 6.92 Å². The lowest BCUT2D eigenvalue weighted by atomic mass is 10.0. The fraction of sp³-hybridized carbons (Fsp3) is 0.200. The van der Waals surface area contributed by atoms with Crippen LogP contribution in [0.15, 0.2) is 58.5 Å². The van der Waals surface area contributed by atoms with Crippen molar-refractivity contribution in [3.8, 4) is 0 Å². The molecule has 1 aromatic carbocycles. The Balaban J connectivity index is 1.91. The van der Waals surface area contributed by atoms with Crippen molar-refractivity contribution >= 4 is 33.3 Å². The number of carbonyl (C=O) groups is 1. The maximum absolute atomic E-state index is 12.0. The van der Waals surface area contributed by atoms with E-state index in [9.17, 15) is 13.2 Å². The Kier molecular flexibility index (Phi) is 5.66. The van der Waals surface area contributed by atoms with Gasteiger partial charge in [-0.3, -0.25) is 9.52 Å². The summed E-state index contributed by atoms with van der Waals surface area (Å²) in [5.41, 5.74) is 1.18. The molecule has 7 nitrogen and oxygen atoms in total. The van der Waals surface area contributed by atoms with Crippen LogP contribution in [-0.2, 0) is 19.6 Å². The van der Waals surface area contributed by atoms with Crippen LogP contribution < -0.4 is 4.72 Å². The highest BCUT2D eigenvalue weighted by atomic mass is 32.2. The number of hydrogen-bond acceptors (Lipinski definition) is 5. The second kappa shape index (κ2) is 8.15. The monoisotopic (exact) mass is 398 g/mol. The van der Waals surface area contributed by atoms with E-state index < -0.39 is 16.0 Å². The van der Waals surface area contributed by atoms with Gasteiger partial charge < -0.3 is 9.15 Å². The molecule has 1 aromatic heterocycles. The fourth-order valence-electron chi connectivity index (χ4n) is 2.67. The Bertz CT molecular complexity index is 1070. The highest BCUT2D eigenvalue weighted by Crippen LogP contribution is 2.37. The summed E-state index contributed by atoms with van der Waals surface area (Å²) in [5.74, 6) is 0.0117. The summed E-state index contributed by atoms with van der Waals surface area (Å²) in [6.07, 6.45) is 4.38. The maximum Gasteiger partial charge on any atom is 0.342 e. The number of hydrogen-bond donors (Lipinski definition) is 1. The molecule has 0 aliphatic carbocycles. The summed E-state index contributed by atoms with van der Waals surface area (Å²) in [7, 11) is -3.41. The first-order valence-corrected chi connectivity index (χ1v) is 10.3.